The van der Waals surface area contributed by atoms with Crippen LogP contribution in [0.15, 0.2) is 24.3 Å². The van der Waals surface area contributed by atoms with E-state index in [-0.39, 0.29) is 15.8 Å². The Hall–Kier alpha value is 0.0800. The molecule has 0 heterocycles. The quantitative estimate of drug-likeness (QED) is 0.713. The van der Waals surface area contributed by atoms with Crippen LogP contribution in [0.4, 0.5) is 0 Å². The Balaban J connectivity index is 3.09. The summed E-state index contributed by atoms with van der Waals surface area (Å²) in [6, 6.07) is 9.09. The summed E-state index contributed by atoms with van der Waals surface area (Å²) in [5.41, 5.74) is 1.57. The molecule has 0 saturated carbocycles. The predicted molar refractivity (Wildman–Crippen MR) is 81.7 cm³/mol. The Labute approximate surface area is 103 Å². The minimum atomic E-state index is 0.00352. The Morgan fingerprint density at radius 1 is 0.750 bits per heavy atom. The van der Waals surface area contributed by atoms with E-state index in [9.17, 15) is 0 Å². The molecule has 0 saturated heterocycles. The van der Waals surface area contributed by atoms with Crippen molar-refractivity contribution in [1.29, 1.82) is 0 Å². The van der Waals surface area contributed by atoms with Crippen LogP contribution < -0.4 is 10.6 Å². The largest absolute Gasteiger partial charge is 0.0752 e. The average Bonchev–Trinajstić information content (AvgIpc) is 2.26. The first-order valence-corrected chi connectivity index (χ1v) is 9.71. The predicted octanol–water partition coefficient (Wildman–Crippen LogP) is 3.98. The molecule has 0 amide bonds. The molecular formula is C14H24P2. The first kappa shape index (κ1) is 14.1. The number of hydrogen-bond donors (Lipinski definition) is 0. The van der Waals surface area contributed by atoms with Gasteiger partial charge in [0.05, 0.1) is 0 Å². The molecule has 1 rings (SSSR count). The van der Waals surface area contributed by atoms with Crippen LogP contribution in [-0.4, -0.2) is 24.6 Å². The van der Waals surface area contributed by atoms with E-state index in [0.29, 0.717) is 0 Å². The minimum Gasteiger partial charge on any atom is -0.0752 e. The van der Waals surface area contributed by atoms with Crippen LogP contribution in [-0.2, 0) is 0 Å². The van der Waals surface area contributed by atoms with Crippen LogP contribution in [0.1, 0.15) is 27.7 Å². The first-order chi connectivity index (χ1) is 7.45. The van der Waals surface area contributed by atoms with Crippen molar-refractivity contribution in [2.24, 2.45) is 0 Å². The molecule has 16 heavy (non-hydrogen) atoms. The lowest BCUT2D eigenvalue weighted by atomic mass is 10.4. The summed E-state index contributed by atoms with van der Waals surface area (Å²) in [6.45, 7) is 14.2. The van der Waals surface area contributed by atoms with Crippen molar-refractivity contribution in [3.8, 4) is 0 Å². The highest BCUT2D eigenvalue weighted by Crippen LogP contribution is 2.41. The van der Waals surface area contributed by atoms with E-state index in [2.05, 4.69) is 65.3 Å². The summed E-state index contributed by atoms with van der Waals surface area (Å²) in [7, 11) is 0.00704. The Morgan fingerprint density at radius 3 is 1.31 bits per heavy atom. The normalized spacial score (nSPS) is 15.5. The van der Waals surface area contributed by atoms with Gasteiger partial charge < -0.3 is 0 Å². The molecule has 0 aliphatic heterocycles. The van der Waals surface area contributed by atoms with Gasteiger partial charge in [-0.25, -0.2) is 0 Å². The molecule has 2 heteroatoms. The van der Waals surface area contributed by atoms with Crippen molar-refractivity contribution in [2.75, 3.05) is 13.3 Å². The number of hydrogen-bond acceptors (Lipinski definition) is 0. The summed E-state index contributed by atoms with van der Waals surface area (Å²) in [6.07, 6.45) is 0. The lowest BCUT2D eigenvalue weighted by molar-refractivity contribution is 1.10. The van der Waals surface area contributed by atoms with Gasteiger partial charge in [-0.1, -0.05) is 67.8 Å². The molecule has 1 aromatic rings. The molecule has 0 spiro atoms. The Bertz CT molecular complexity index is 298. The maximum absolute atomic E-state index is 2.42. The van der Waals surface area contributed by atoms with E-state index >= 15 is 0 Å². The van der Waals surface area contributed by atoms with Crippen LogP contribution >= 0.6 is 15.8 Å². The fourth-order valence-corrected chi connectivity index (χ4v) is 5.19. The van der Waals surface area contributed by atoms with Crippen molar-refractivity contribution in [3.63, 3.8) is 0 Å². The third kappa shape index (κ3) is 3.28. The van der Waals surface area contributed by atoms with E-state index in [1.54, 1.807) is 10.6 Å². The summed E-state index contributed by atoms with van der Waals surface area (Å²) in [4.78, 5) is 0. The molecule has 0 aromatic heterocycles. The lowest BCUT2D eigenvalue weighted by Crippen LogP contribution is -2.25. The second-order valence-electron chi connectivity index (χ2n) is 4.90. The van der Waals surface area contributed by atoms with E-state index in [4.69, 9.17) is 0 Å². The Morgan fingerprint density at radius 2 is 1.06 bits per heavy atom. The molecule has 1 aromatic carbocycles. The third-order valence-electron chi connectivity index (χ3n) is 3.19. The van der Waals surface area contributed by atoms with E-state index in [1.165, 1.54) is 0 Å². The van der Waals surface area contributed by atoms with Crippen LogP contribution in [0.25, 0.3) is 0 Å². The van der Waals surface area contributed by atoms with Crippen LogP contribution in [0, 0.1) is 0 Å². The SMILES string of the molecule is CC(C)P(C)c1ccccc1P(C)C(C)C. The monoisotopic (exact) mass is 254 g/mol. The smallest absolute Gasteiger partial charge is 0.0164 e. The molecule has 90 valence electrons. The number of rotatable bonds is 4. The summed E-state index contributed by atoms with van der Waals surface area (Å²) >= 11 is 0. The fourth-order valence-electron chi connectivity index (χ4n) is 1.62. The highest BCUT2D eigenvalue weighted by molar-refractivity contribution is 7.71. The van der Waals surface area contributed by atoms with Crippen LogP contribution in [0.2, 0.25) is 0 Å². The van der Waals surface area contributed by atoms with Crippen molar-refractivity contribution in [1.82, 2.24) is 0 Å². The fraction of sp³-hybridized carbons (Fsp3) is 0.571. The summed E-state index contributed by atoms with van der Waals surface area (Å²) in [5, 5.41) is 3.27. The van der Waals surface area contributed by atoms with Crippen molar-refractivity contribution in [3.05, 3.63) is 24.3 Å². The van der Waals surface area contributed by atoms with Gasteiger partial charge in [-0.2, -0.15) is 0 Å². The standard InChI is InChI=1S/C14H24P2/c1-11(2)15(5)13-9-7-8-10-14(13)16(6)12(3)4/h7-12H,1-6H3. The van der Waals surface area contributed by atoms with Gasteiger partial charge in [-0.3, -0.25) is 0 Å². The second kappa shape index (κ2) is 6.13. The van der Waals surface area contributed by atoms with Gasteiger partial charge in [0.1, 0.15) is 0 Å². The average molecular weight is 254 g/mol. The molecule has 0 bridgehead atoms. The van der Waals surface area contributed by atoms with Crippen LogP contribution in [0.5, 0.6) is 0 Å². The zero-order valence-corrected chi connectivity index (χ0v) is 13.1. The zero-order chi connectivity index (χ0) is 12.3. The number of benzene rings is 1. The van der Waals surface area contributed by atoms with Crippen molar-refractivity contribution in [2.45, 2.75) is 39.0 Å². The highest BCUT2D eigenvalue weighted by atomic mass is 31.1. The van der Waals surface area contributed by atoms with Gasteiger partial charge in [-0.05, 0) is 35.3 Å². The Kier molecular flexibility index (Phi) is 5.42. The zero-order valence-electron chi connectivity index (χ0n) is 11.4. The first-order valence-electron chi connectivity index (χ1n) is 5.99. The molecule has 2 atom stereocenters. The molecule has 0 aliphatic rings. The van der Waals surface area contributed by atoms with Gasteiger partial charge in [0.2, 0.25) is 0 Å². The second-order valence-corrected chi connectivity index (χ2v) is 10.4. The molecule has 0 N–H and O–H groups in total. The molecular weight excluding hydrogens is 230 g/mol. The van der Waals surface area contributed by atoms with E-state index in [0.717, 1.165) is 11.3 Å². The molecule has 2 unspecified atom stereocenters. The molecule has 0 aliphatic carbocycles. The van der Waals surface area contributed by atoms with Gasteiger partial charge in [0, 0.05) is 0 Å². The van der Waals surface area contributed by atoms with Gasteiger partial charge in [-0.15, -0.1) is 0 Å². The summed E-state index contributed by atoms with van der Waals surface area (Å²) in [5.74, 6) is 0. The van der Waals surface area contributed by atoms with Crippen molar-refractivity contribution < 1.29 is 0 Å². The van der Waals surface area contributed by atoms with Gasteiger partial charge in [0.15, 0.2) is 0 Å². The highest BCUT2D eigenvalue weighted by Gasteiger charge is 2.18. The van der Waals surface area contributed by atoms with Crippen LogP contribution in [0.3, 0.4) is 0 Å². The maximum atomic E-state index is 2.42. The maximum Gasteiger partial charge on any atom is -0.0164 e. The molecule has 0 nitrogen and oxygen atoms in total. The van der Waals surface area contributed by atoms with Gasteiger partial charge >= 0.3 is 0 Å². The minimum absolute atomic E-state index is 0.00352. The van der Waals surface area contributed by atoms with E-state index in [1.807, 2.05) is 0 Å². The third-order valence-corrected chi connectivity index (χ3v) is 8.77. The van der Waals surface area contributed by atoms with Gasteiger partial charge in [0.25, 0.3) is 0 Å². The summed E-state index contributed by atoms with van der Waals surface area (Å²) < 4.78 is 0. The molecule has 0 fully saturated rings. The van der Waals surface area contributed by atoms with Crippen molar-refractivity contribution >= 4 is 26.5 Å². The molecule has 0 radical (unpaired) electrons. The van der Waals surface area contributed by atoms with E-state index < -0.39 is 0 Å². The topological polar surface area (TPSA) is 0 Å². The lowest BCUT2D eigenvalue weighted by Gasteiger charge is -2.25.